The monoisotopic (exact) mass is 235 g/mol. The molecule has 2 unspecified atom stereocenters. The molecule has 0 amide bonds. The Morgan fingerprint density at radius 2 is 1.88 bits per heavy atom. The minimum absolute atomic E-state index is 0.274. The molecule has 0 heterocycles. The fourth-order valence-corrected chi connectivity index (χ4v) is 1.72. The zero-order valence-corrected chi connectivity index (χ0v) is 9.80. The molecule has 0 spiro atoms. The highest BCUT2D eigenvalue weighted by Crippen LogP contribution is 2.10. The zero-order valence-electron chi connectivity index (χ0n) is 9.80. The van der Waals surface area contributed by atoms with Crippen molar-refractivity contribution in [2.45, 2.75) is 25.8 Å². The molecule has 0 saturated heterocycles. The van der Waals surface area contributed by atoms with Crippen LogP contribution in [0.15, 0.2) is 30.3 Å². The molecule has 0 aliphatic rings. The van der Waals surface area contributed by atoms with Gasteiger partial charge < -0.3 is 10.8 Å². The quantitative estimate of drug-likeness (QED) is 0.727. The smallest absolute Gasteiger partial charge is 0.314 e. The van der Waals surface area contributed by atoms with Crippen molar-refractivity contribution in [2.24, 2.45) is 11.7 Å². The number of nitrogens with two attached hydrogens (primary N) is 1. The molecule has 0 saturated carbocycles. The Labute approximate surface area is 100 Å². The third-order valence-corrected chi connectivity index (χ3v) is 2.71. The van der Waals surface area contributed by atoms with Gasteiger partial charge in [0.25, 0.3) is 0 Å². The summed E-state index contributed by atoms with van der Waals surface area (Å²) in [6, 6.07) is 8.59. The van der Waals surface area contributed by atoms with Crippen LogP contribution < -0.4 is 5.73 Å². The third kappa shape index (κ3) is 3.67. The molecule has 4 heteroatoms. The Kier molecular flexibility index (Phi) is 4.84. The van der Waals surface area contributed by atoms with Crippen molar-refractivity contribution >= 4 is 11.8 Å². The van der Waals surface area contributed by atoms with Gasteiger partial charge in [-0.1, -0.05) is 37.3 Å². The molecule has 92 valence electrons. The normalized spacial score (nSPS) is 14.0. The number of carboxylic acid groups (broad SMARTS) is 1. The van der Waals surface area contributed by atoms with Gasteiger partial charge in [0.05, 0.1) is 6.04 Å². The van der Waals surface area contributed by atoms with Gasteiger partial charge in [-0.25, -0.2) is 0 Å². The van der Waals surface area contributed by atoms with E-state index < -0.39 is 23.7 Å². The van der Waals surface area contributed by atoms with Gasteiger partial charge in [-0.15, -0.1) is 0 Å². The summed E-state index contributed by atoms with van der Waals surface area (Å²) in [5.41, 5.74) is 6.69. The molecule has 0 aliphatic heterocycles. The van der Waals surface area contributed by atoms with E-state index in [0.717, 1.165) is 5.56 Å². The average molecular weight is 235 g/mol. The van der Waals surface area contributed by atoms with Crippen LogP contribution in [-0.4, -0.2) is 22.9 Å². The molecular formula is C13H17NO3. The lowest BCUT2D eigenvalue weighted by Crippen LogP contribution is -2.40. The van der Waals surface area contributed by atoms with Crippen LogP contribution in [0.2, 0.25) is 0 Å². The number of benzene rings is 1. The highest BCUT2D eigenvalue weighted by Gasteiger charge is 2.28. The molecule has 1 aromatic rings. The van der Waals surface area contributed by atoms with Gasteiger partial charge in [0.2, 0.25) is 0 Å². The first-order valence-corrected chi connectivity index (χ1v) is 5.62. The van der Waals surface area contributed by atoms with Gasteiger partial charge in [0.15, 0.2) is 5.78 Å². The summed E-state index contributed by atoms with van der Waals surface area (Å²) in [6.07, 6.45) is 0.653. The number of hydrogen-bond acceptors (Lipinski definition) is 3. The van der Waals surface area contributed by atoms with Gasteiger partial charge in [-0.3, -0.25) is 9.59 Å². The lowest BCUT2D eigenvalue weighted by molar-refractivity contribution is -0.146. The number of aliphatic carboxylic acids is 1. The van der Waals surface area contributed by atoms with E-state index in [2.05, 4.69) is 0 Å². The lowest BCUT2D eigenvalue weighted by atomic mass is 9.92. The number of carbonyl (C=O) groups is 2. The van der Waals surface area contributed by atoms with Gasteiger partial charge in [-0.05, 0) is 18.4 Å². The minimum Gasteiger partial charge on any atom is -0.481 e. The maximum atomic E-state index is 11.8. The van der Waals surface area contributed by atoms with Gasteiger partial charge in [-0.2, -0.15) is 0 Å². The fourth-order valence-electron chi connectivity index (χ4n) is 1.72. The van der Waals surface area contributed by atoms with Crippen LogP contribution in [0.25, 0.3) is 0 Å². The number of rotatable bonds is 6. The maximum absolute atomic E-state index is 11.8. The highest BCUT2D eigenvalue weighted by molar-refractivity contribution is 6.00. The van der Waals surface area contributed by atoms with Crippen LogP contribution in [0.3, 0.4) is 0 Å². The van der Waals surface area contributed by atoms with Crippen molar-refractivity contribution in [2.75, 3.05) is 0 Å². The molecule has 17 heavy (non-hydrogen) atoms. The van der Waals surface area contributed by atoms with Gasteiger partial charge in [0.1, 0.15) is 5.92 Å². The average Bonchev–Trinajstić information content (AvgIpc) is 2.30. The third-order valence-electron chi connectivity index (χ3n) is 2.71. The topological polar surface area (TPSA) is 80.4 Å². The van der Waals surface area contributed by atoms with E-state index in [1.165, 1.54) is 0 Å². The zero-order chi connectivity index (χ0) is 12.8. The van der Waals surface area contributed by atoms with Gasteiger partial charge in [0, 0.05) is 0 Å². The van der Waals surface area contributed by atoms with Crippen molar-refractivity contribution in [1.82, 2.24) is 0 Å². The van der Waals surface area contributed by atoms with Crippen molar-refractivity contribution < 1.29 is 14.7 Å². The standard InChI is InChI=1S/C13H17NO3/c1-2-10(13(16)17)12(15)11(14)8-9-6-4-3-5-7-9/h3-7,10-11H,2,8,14H2,1H3,(H,16,17). The van der Waals surface area contributed by atoms with E-state index in [9.17, 15) is 9.59 Å². The molecule has 3 N–H and O–H groups in total. The number of Topliss-reactive ketones (excluding diaryl/α,β-unsaturated/α-hetero) is 1. The first-order valence-electron chi connectivity index (χ1n) is 5.62. The van der Waals surface area contributed by atoms with E-state index in [1.807, 2.05) is 30.3 Å². The predicted molar refractivity (Wildman–Crippen MR) is 64.5 cm³/mol. The molecule has 2 atom stereocenters. The minimum atomic E-state index is -1.10. The molecule has 0 aromatic heterocycles. The Bertz CT molecular complexity index is 389. The molecule has 0 aliphatic carbocycles. The summed E-state index contributed by atoms with van der Waals surface area (Å²) in [6.45, 7) is 1.67. The summed E-state index contributed by atoms with van der Waals surface area (Å²) in [4.78, 5) is 22.7. The van der Waals surface area contributed by atoms with Crippen LogP contribution in [-0.2, 0) is 16.0 Å². The molecule has 0 fully saturated rings. The Hall–Kier alpha value is -1.68. The van der Waals surface area contributed by atoms with Crippen LogP contribution in [0.4, 0.5) is 0 Å². The second-order valence-electron chi connectivity index (χ2n) is 4.00. The summed E-state index contributed by atoms with van der Waals surface area (Å²) >= 11 is 0. The largest absolute Gasteiger partial charge is 0.481 e. The number of carbonyl (C=O) groups excluding carboxylic acids is 1. The molecule has 0 radical (unpaired) electrons. The number of ketones is 1. The first kappa shape index (κ1) is 13.4. The summed E-state index contributed by atoms with van der Waals surface area (Å²) in [7, 11) is 0. The first-order chi connectivity index (χ1) is 8.06. The van der Waals surface area contributed by atoms with Crippen molar-refractivity contribution in [1.29, 1.82) is 0 Å². The molecule has 1 aromatic carbocycles. The van der Waals surface area contributed by atoms with Crippen LogP contribution in [0.1, 0.15) is 18.9 Å². The van der Waals surface area contributed by atoms with Crippen LogP contribution in [0.5, 0.6) is 0 Å². The number of hydrogen-bond donors (Lipinski definition) is 2. The molecule has 1 rings (SSSR count). The summed E-state index contributed by atoms with van der Waals surface area (Å²) in [5.74, 6) is -2.49. The Balaban J connectivity index is 2.67. The lowest BCUT2D eigenvalue weighted by Gasteiger charge is -2.15. The predicted octanol–water partition coefficient (Wildman–Crippen LogP) is 1.24. The van der Waals surface area contributed by atoms with E-state index in [4.69, 9.17) is 10.8 Å². The van der Waals surface area contributed by atoms with Crippen LogP contribution in [0, 0.1) is 5.92 Å². The van der Waals surface area contributed by atoms with Crippen molar-refractivity contribution in [3.8, 4) is 0 Å². The molecule has 4 nitrogen and oxygen atoms in total. The van der Waals surface area contributed by atoms with E-state index in [-0.39, 0.29) is 6.42 Å². The van der Waals surface area contributed by atoms with E-state index in [0.29, 0.717) is 6.42 Å². The van der Waals surface area contributed by atoms with E-state index >= 15 is 0 Å². The Morgan fingerprint density at radius 1 is 1.29 bits per heavy atom. The molecule has 0 bridgehead atoms. The maximum Gasteiger partial charge on any atom is 0.314 e. The van der Waals surface area contributed by atoms with Gasteiger partial charge >= 0.3 is 5.97 Å². The second-order valence-corrected chi connectivity index (χ2v) is 4.00. The second kappa shape index (κ2) is 6.15. The Morgan fingerprint density at radius 3 is 2.35 bits per heavy atom. The molecular weight excluding hydrogens is 218 g/mol. The SMILES string of the molecule is CCC(C(=O)O)C(=O)C(N)Cc1ccccc1. The van der Waals surface area contributed by atoms with Crippen molar-refractivity contribution in [3.63, 3.8) is 0 Å². The van der Waals surface area contributed by atoms with Crippen LogP contribution >= 0.6 is 0 Å². The van der Waals surface area contributed by atoms with E-state index in [1.54, 1.807) is 6.92 Å². The fraction of sp³-hybridized carbons (Fsp3) is 0.385. The van der Waals surface area contributed by atoms with Crippen molar-refractivity contribution in [3.05, 3.63) is 35.9 Å². The number of carboxylic acids is 1. The summed E-state index contributed by atoms with van der Waals surface area (Å²) < 4.78 is 0. The highest BCUT2D eigenvalue weighted by atomic mass is 16.4. The summed E-state index contributed by atoms with van der Waals surface area (Å²) in [5, 5.41) is 8.88.